The summed E-state index contributed by atoms with van der Waals surface area (Å²) in [7, 11) is 0. The lowest BCUT2D eigenvalue weighted by molar-refractivity contribution is 1.47. The first-order chi connectivity index (χ1) is 18.8. The number of allylic oxidation sites excluding steroid dienone is 2. The van der Waals surface area contributed by atoms with Gasteiger partial charge in [0.2, 0.25) is 0 Å². The van der Waals surface area contributed by atoms with Crippen LogP contribution in [-0.2, 0) is 0 Å². The summed E-state index contributed by atoms with van der Waals surface area (Å²) >= 11 is 0. The van der Waals surface area contributed by atoms with Crippen molar-refractivity contribution < 1.29 is 0 Å². The lowest BCUT2D eigenvalue weighted by Crippen LogP contribution is -2.25. The fourth-order valence-electron chi connectivity index (χ4n) is 5.34. The highest BCUT2D eigenvalue weighted by Gasteiger charge is 2.27. The number of rotatable bonds is 4. The second kappa shape index (κ2) is 9.94. The Balaban J connectivity index is 1.87. The highest BCUT2D eigenvalue weighted by Crippen LogP contribution is 2.38. The molecule has 1 heteroatoms. The maximum absolute atomic E-state index is 10.2. The first-order valence-electron chi connectivity index (χ1n) is 12.6. The highest BCUT2D eigenvalue weighted by molar-refractivity contribution is 6.04. The van der Waals surface area contributed by atoms with E-state index in [1.54, 1.807) is 0 Å². The largest absolute Gasteiger partial charge is 0.192 e. The average Bonchev–Trinajstić information content (AvgIpc) is 3.33. The van der Waals surface area contributed by atoms with E-state index in [2.05, 4.69) is 96.9 Å². The molecule has 0 atom stereocenters. The second-order valence-electron chi connectivity index (χ2n) is 9.16. The molecule has 176 valence electrons. The first kappa shape index (κ1) is 23.1. The SMILES string of the molecule is C#CC(C#N)=C1C(c2ccccc2)=c2cc(-c3ccccc3)c(-c3ccccc3)cc2=C1c1ccccc1. The molecule has 0 N–H and O–H groups in total. The first-order valence-corrected chi connectivity index (χ1v) is 12.6. The molecule has 5 aromatic rings. The Morgan fingerprint density at radius 3 is 1.16 bits per heavy atom. The quantitative estimate of drug-likeness (QED) is 0.203. The van der Waals surface area contributed by atoms with Crippen molar-refractivity contribution in [2.24, 2.45) is 0 Å². The van der Waals surface area contributed by atoms with Gasteiger partial charge in [-0.05, 0) is 67.1 Å². The van der Waals surface area contributed by atoms with E-state index in [9.17, 15) is 5.26 Å². The predicted octanol–water partition coefficient (Wildman–Crippen LogP) is 6.89. The molecular weight excluding hydrogens is 458 g/mol. The van der Waals surface area contributed by atoms with Crippen LogP contribution in [0.3, 0.4) is 0 Å². The highest BCUT2D eigenvalue weighted by atomic mass is 14.3. The van der Waals surface area contributed by atoms with Gasteiger partial charge < -0.3 is 0 Å². The van der Waals surface area contributed by atoms with Crippen LogP contribution in [0.1, 0.15) is 11.1 Å². The minimum Gasteiger partial charge on any atom is -0.192 e. The lowest BCUT2D eigenvalue weighted by Gasteiger charge is -2.13. The van der Waals surface area contributed by atoms with Gasteiger partial charge in [0.1, 0.15) is 11.6 Å². The van der Waals surface area contributed by atoms with Gasteiger partial charge in [-0.2, -0.15) is 5.26 Å². The van der Waals surface area contributed by atoms with E-state index in [1.807, 2.05) is 48.5 Å². The van der Waals surface area contributed by atoms with Crippen LogP contribution in [0.2, 0.25) is 0 Å². The van der Waals surface area contributed by atoms with Crippen molar-refractivity contribution in [3.8, 4) is 40.7 Å². The Morgan fingerprint density at radius 2 is 0.842 bits per heavy atom. The zero-order valence-electron chi connectivity index (χ0n) is 20.7. The molecule has 1 aliphatic carbocycles. The van der Waals surface area contributed by atoms with E-state index >= 15 is 0 Å². The van der Waals surface area contributed by atoms with Gasteiger partial charge in [0.15, 0.2) is 0 Å². The van der Waals surface area contributed by atoms with Crippen molar-refractivity contribution in [1.82, 2.24) is 0 Å². The van der Waals surface area contributed by atoms with Gasteiger partial charge in [0.25, 0.3) is 0 Å². The van der Waals surface area contributed by atoms with Crippen molar-refractivity contribution >= 4 is 11.1 Å². The van der Waals surface area contributed by atoms with Gasteiger partial charge in [0, 0.05) is 5.57 Å². The van der Waals surface area contributed by atoms with Crippen molar-refractivity contribution in [2.45, 2.75) is 0 Å². The van der Waals surface area contributed by atoms with Crippen LogP contribution in [0.15, 0.2) is 145 Å². The third-order valence-corrected chi connectivity index (χ3v) is 7.00. The van der Waals surface area contributed by atoms with E-state index in [4.69, 9.17) is 6.42 Å². The molecule has 1 nitrogen and oxygen atoms in total. The van der Waals surface area contributed by atoms with Crippen molar-refractivity contribution in [3.63, 3.8) is 0 Å². The van der Waals surface area contributed by atoms with Crippen molar-refractivity contribution in [3.05, 3.63) is 166 Å². The number of fused-ring (bicyclic) bond motifs is 1. The van der Waals surface area contributed by atoms with E-state index in [-0.39, 0.29) is 0 Å². The van der Waals surface area contributed by atoms with Gasteiger partial charge >= 0.3 is 0 Å². The minimum absolute atomic E-state index is 0.335. The molecule has 0 saturated carbocycles. The Bertz CT molecular complexity index is 1740. The van der Waals surface area contributed by atoms with Crippen LogP contribution in [0, 0.1) is 23.7 Å². The summed E-state index contributed by atoms with van der Waals surface area (Å²) in [5.74, 6) is 2.70. The van der Waals surface area contributed by atoms with Crippen molar-refractivity contribution in [2.75, 3.05) is 0 Å². The smallest absolute Gasteiger partial charge is 0.110 e. The third kappa shape index (κ3) is 3.94. The number of nitriles is 1. The monoisotopic (exact) mass is 481 g/mol. The lowest BCUT2D eigenvalue weighted by atomic mass is 9.88. The molecule has 0 spiro atoms. The fourth-order valence-corrected chi connectivity index (χ4v) is 5.34. The Hall–Kier alpha value is -5.37. The molecular formula is C37H23N. The van der Waals surface area contributed by atoms with Crippen LogP contribution in [-0.4, -0.2) is 0 Å². The van der Waals surface area contributed by atoms with Crippen LogP contribution in [0.25, 0.3) is 33.4 Å². The zero-order chi connectivity index (χ0) is 25.9. The Morgan fingerprint density at radius 1 is 0.500 bits per heavy atom. The number of hydrogen-bond donors (Lipinski definition) is 0. The maximum Gasteiger partial charge on any atom is 0.110 e. The molecule has 0 bridgehead atoms. The summed E-state index contributed by atoms with van der Waals surface area (Å²) in [6, 6.07) is 48.3. The van der Waals surface area contributed by atoms with Gasteiger partial charge in [-0.25, -0.2) is 0 Å². The summed E-state index contributed by atoms with van der Waals surface area (Å²) in [6.07, 6.45) is 5.96. The van der Waals surface area contributed by atoms with E-state index < -0.39 is 0 Å². The fraction of sp³-hybridized carbons (Fsp3) is 0. The molecule has 1 aliphatic rings. The van der Waals surface area contributed by atoms with Gasteiger partial charge in [0.05, 0.1) is 0 Å². The molecule has 5 aromatic carbocycles. The third-order valence-electron chi connectivity index (χ3n) is 7.00. The van der Waals surface area contributed by atoms with Crippen LogP contribution >= 0.6 is 0 Å². The van der Waals surface area contributed by atoms with Crippen LogP contribution in [0.5, 0.6) is 0 Å². The Labute approximate surface area is 223 Å². The molecule has 6 rings (SSSR count). The number of terminal acetylenes is 1. The standard InChI is InChI=1S/C37H23N/c1-2-26(25-38)37-35(29-19-11-5-12-20-29)33-23-31(27-15-7-3-8-16-27)32(28-17-9-4-10-18-28)24-34(33)36(37)30-21-13-6-14-22-30/h1,3-24H. The van der Waals surface area contributed by atoms with E-state index in [0.29, 0.717) is 5.57 Å². The van der Waals surface area contributed by atoms with Crippen LogP contribution < -0.4 is 10.4 Å². The van der Waals surface area contributed by atoms with E-state index in [1.165, 1.54) is 0 Å². The summed E-state index contributed by atoms with van der Waals surface area (Å²) < 4.78 is 0. The topological polar surface area (TPSA) is 23.8 Å². The second-order valence-corrected chi connectivity index (χ2v) is 9.16. The molecule has 0 aromatic heterocycles. The average molecular weight is 482 g/mol. The molecule has 0 fully saturated rings. The molecule has 0 aliphatic heterocycles. The molecule has 0 saturated heterocycles. The van der Waals surface area contributed by atoms with Crippen molar-refractivity contribution in [1.29, 1.82) is 5.26 Å². The maximum atomic E-state index is 10.2. The number of nitrogens with zero attached hydrogens (tertiary/aromatic N) is 1. The molecule has 0 radical (unpaired) electrons. The molecule has 38 heavy (non-hydrogen) atoms. The van der Waals surface area contributed by atoms with Gasteiger partial charge in [-0.3, -0.25) is 0 Å². The Kier molecular flexibility index (Phi) is 6.03. The molecule has 0 unspecified atom stereocenters. The van der Waals surface area contributed by atoms with Gasteiger partial charge in [-0.1, -0.05) is 127 Å². The molecule has 0 amide bonds. The minimum atomic E-state index is 0.335. The summed E-state index contributed by atoms with van der Waals surface area (Å²) in [4.78, 5) is 0. The van der Waals surface area contributed by atoms with Gasteiger partial charge in [-0.15, -0.1) is 6.42 Å². The predicted molar refractivity (Wildman–Crippen MR) is 156 cm³/mol. The normalized spacial score (nSPS) is 12.0. The summed E-state index contributed by atoms with van der Waals surface area (Å²) in [5, 5.41) is 12.3. The molecule has 0 heterocycles. The summed E-state index contributed by atoms with van der Waals surface area (Å²) in [5.41, 5.74) is 9.74. The zero-order valence-corrected chi connectivity index (χ0v) is 20.7. The van der Waals surface area contributed by atoms with E-state index in [0.717, 1.165) is 60.5 Å². The number of hydrogen-bond acceptors (Lipinski definition) is 1. The number of benzene rings is 5. The van der Waals surface area contributed by atoms with Crippen LogP contribution in [0.4, 0.5) is 0 Å². The summed E-state index contributed by atoms with van der Waals surface area (Å²) in [6.45, 7) is 0.